The van der Waals surface area contributed by atoms with Gasteiger partial charge in [0.1, 0.15) is 0 Å². The Bertz CT molecular complexity index is 771. The Morgan fingerprint density at radius 2 is 1.52 bits per heavy atom. The van der Waals surface area contributed by atoms with Gasteiger partial charge in [0.25, 0.3) is 5.91 Å². The minimum atomic E-state index is -0.512. The van der Waals surface area contributed by atoms with Crippen molar-refractivity contribution in [1.82, 2.24) is 10.6 Å². The quantitative estimate of drug-likeness (QED) is 0.699. The Balaban J connectivity index is 1.74. The van der Waals surface area contributed by atoms with Gasteiger partial charge in [-0.25, -0.2) is 0 Å². The molecule has 0 radical (unpaired) electrons. The summed E-state index contributed by atoms with van der Waals surface area (Å²) in [6, 6.07) is 17.5. The number of amides is 2. The van der Waals surface area contributed by atoms with Crippen LogP contribution in [0.3, 0.4) is 0 Å². The van der Waals surface area contributed by atoms with Gasteiger partial charge in [-0.2, -0.15) is 0 Å². The van der Waals surface area contributed by atoms with Crippen molar-refractivity contribution in [2.45, 2.75) is 26.3 Å². The van der Waals surface area contributed by atoms with E-state index in [9.17, 15) is 14.4 Å². The zero-order valence-corrected chi connectivity index (χ0v) is 15.5. The second-order valence-electron chi connectivity index (χ2n) is 6.40. The molecule has 2 rings (SSSR count). The number of hydrogen-bond acceptors (Lipinski definition) is 4. The molecular formula is C21H24N2O4. The molecule has 0 spiro atoms. The molecule has 0 atom stereocenters. The van der Waals surface area contributed by atoms with E-state index in [0.717, 1.165) is 16.7 Å². The summed E-state index contributed by atoms with van der Waals surface area (Å²) in [5, 5.41) is 5.05. The Morgan fingerprint density at radius 1 is 0.889 bits per heavy atom. The van der Waals surface area contributed by atoms with E-state index in [2.05, 4.69) is 10.6 Å². The fourth-order valence-electron chi connectivity index (χ4n) is 2.41. The van der Waals surface area contributed by atoms with Crippen LogP contribution in [0, 0.1) is 0 Å². The molecule has 2 N–H and O–H groups in total. The predicted octanol–water partition coefficient (Wildman–Crippen LogP) is 2.08. The molecule has 0 saturated carbocycles. The van der Waals surface area contributed by atoms with E-state index in [-0.39, 0.29) is 24.9 Å². The lowest BCUT2D eigenvalue weighted by atomic mass is 10.0. The first-order valence-electron chi connectivity index (χ1n) is 8.80. The first-order valence-corrected chi connectivity index (χ1v) is 8.80. The average Bonchev–Trinajstić information content (AvgIpc) is 2.65. The Labute approximate surface area is 158 Å². The number of nitrogens with one attached hydrogen (secondary N) is 2. The Morgan fingerprint density at radius 3 is 2.15 bits per heavy atom. The zero-order valence-electron chi connectivity index (χ0n) is 15.5. The molecule has 2 aromatic rings. The van der Waals surface area contributed by atoms with Crippen LogP contribution >= 0.6 is 0 Å². The topological polar surface area (TPSA) is 84.5 Å². The van der Waals surface area contributed by atoms with Gasteiger partial charge < -0.3 is 15.4 Å². The van der Waals surface area contributed by atoms with E-state index in [0.29, 0.717) is 0 Å². The monoisotopic (exact) mass is 368 g/mol. The summed E-state index contributed by atoms with van der Waals surface area (Å²) in [5.41, 5.74) is 2.97. The lowest BCUT2D eigenvalue weighted by molar-refractivity contribution is -0.147. The van der Waals surface area contributed by atoms with Crippen molar-refractivity contribution in [2.75, 3.05) is 13.2 Å². The van der Waals surface area contributed by atoms with Crippen molar-refractivity contribution in [3.8, 4) is 11.1 Å². The molecule has 2 amide bonds. The summed E-state index contributed by atoms with van der Waals surface area (Å²) in [5.74, 6) is -1.30. The SMILES string of the molecule is CC(C)NC(=O)CNC(=O)COC(=O)Cc1ccc(-c2ccccc2)cc1. The van der Waals surface area contributed by atoms with Crippen LogP contribution in [0.2, 0.25) is 0 Å². The standard InChI is InChI=1S/C21H24N2O4/c1-15(2)23-19(24)13-22-20(25)14-27-21(26)12-16-8-10-18(11-9-16)17-6-4-3-5-7-17/h3-11,15H,12-14H2,1-2H3,(H,22,25)(H,23,24). The molecule has 0 saturated heterocycles. The van der Waals surface area contributed by atoms with Crippen molar-refractivity contribution in [3.63, 3.8) is 0 Å². The van der Waals surface area contributed by atoms with Crippen molar-refractivity contribution in [2.24, 2.45) is 0 Å². The van der Waals surface area contributed by atoms with E-state index in [1.807, 2.05) is 68.4 Å². The van der Waals surface area contributed by atoms with E-state index in [4.69, 9.17) is 4.74 Å². The predicted molar refractivity (Wildman–Crippen MR) is 103 cm³/mol. The molecule has 0 unspecified atom stereocenters. The van der Waals surface area contributed by atoms with Gasteiger partial charge in [-0.1, -0.05) is 54.6 Å². The van der Waals surface area contributed by atoms with E-state index in [1.165, 1.54) is 0 Å². The van der Waals surface area contributed by atoms with Gasteiger partial charge in [0.15, 0.2) is 6.61 Å². The maximum Gasteiger partial charge on any atom is 0.310 e. The van der Waals surface area contributed by atoms with Crippen molar-refractivity contribution in [1.29, 1.82) is 0 Å². The number of benzene rings is 2. The zero-order chi connectivity index (χ0) is 19.6. The highest BCUT2D eigenvalue weighted by atomic mass is 16.5. The number of carbonyl (C=O) groups is 3. The molecule has 27 heavy (non-hydrogen) atoms. The van der Waals surface area contributed by atoms with Crippen LogP contribution < -0.4 is 10.6 Å². The lowest BCUT2D eigenvalue weighted by Gasteiger charge is -2.09. The molecule has 142 valence electrons. The third kappa shape index (κ3) is 7.32. The lowest BCUT2D eigenvalue weighted by Crippen LogP contribution is -2.41. The normalized spacial score (nSPS) is 10.3. The van der Waals surface area contributed by atoms with Gasteiger partial charge >= 0.3 is 5.97 Å². The number of rotatable bonds is 8. The fourth-order valence-corrected chi connectivity index (χ4v) is 2.41. The highest BCUT2D eigenvalue weighted by molar-refractivity contribution is 5.86. The molecule has 6 nitrogen and oxygen atoms in total. The third-order valence-corrected chi connectivity index (χ3v) is 3.67. The highest BCUT2D eigenvalue weighted by Gasteiger charge is 2.10. The average molecular weight is 368 g/mol. The minimum absolute atomic E-state index is 0.000471. The number of ether oxygens (including phenoxy) is 1. The van der Waals surface area contributed by atoms with E-state index >= 15 is 0 Å². The summed E-state index contributed by atoms with van der Waals surface area (Å²) in [4.78, 5) is 34.9. The van der Waals surface area contributed by atoms with Crippen LogP contribution in [0.1, 0.15) is 19.4 Å². The molecule has 2 aromatic carbocycles. The smallest absolute Gasteiger partial charge is 0.310 e. The van der Waals surface area contributed by atoms with Gasteiger partial charge in [0, 0.05) is 6.04 Å². The molecule has 0 heterocycles. The van der Waals surface area contributed by atoms with Gasteiger partial charge in [-0.15, -0.1) is 0 Å². The van der Waals surface area contributed by atoms with Gasteiger partial charge in [-0.05, 0) is 30.5 Å². The molecule has 0 aromatic heterocycles. The first kappa shape index (κ1) is 20.2. The summed E-state index contributed by atoms with van der Waals surface area (Å²) in [7, 11) is 0. The fraction of sp³-hybridized carbons (Fsp3) is 0.286. The molecule has 0 aliphatic heterocycles. The third-order valence-electron chi connectivity index (χ3n) is 3.67. The summed E-state index contributed by atoms with van der Waals surface area (Å²) in [6.45, 7) is 3.10. The van der Waals surface area contributed by atoms with E-state index in [1.54, 1.807) is 0 Å². The molecular weight excluding hydrogens is 344 g/mol. The van der Waals surface area contributed by atoms with Crippen LogP contribution in [0.25, 0.3) is 11.1 Å². The number of esters is 1. The number of hydrogen-bond donors (Lipinski definition) is 2. The van der Waals surface area contributed by atoms with Crippen LogP contribution in [0.4, 0.5) is 0 Å². The maximum absolute atomic E-state index is 11.9. The first-order chi connectivity index (χ1) is 12.9. The molecule has 6 heteroatoms. The second kappa shape index (κ2) is 10.1. The van der Waals surface area contributed by atoms with E-state index < -0.39 is 18.5 Å². The highest BCUT2D eigenvalue weighted by Crippen LogP contribution is 2.19. The number of carbonyl (C=O) groups excluding carboxylic acids is 3. The summed E-state index contributed by atoms with van der Waals surface area (Å²) >= 11 is 0. The van der Waals surface area contributed by atoms with Crippen molar-refractivity contribution >= 4 is 17.8 Å². The van der Waals surface area contributed by atoms with Crippen molar-refractivity contribution in [3.05, 3.63) is 60.2 Å². The van der Waals surface area contributed by atoms with Gasteiger partial charge in [0.05, 0.1) is 13.0 Å². The molecule has 0 fully saturated rings. The largest absolute Gasteiger partial charge is 0.455 e. The van der Waals surface area contributed by atoms with Gasteiger partial charge in [-0.3, -0.25) is 14.4 Å². The van der Waals surface area contributed by atoms with Crippen LogP contribution in [0.5, 0.6) is 0 Å². The molecule has 0 bridgehead atoms. The van der Waals surface area contributed by atoms with Crippen LogP contribution in [-0.2, 0) is 25.5 Å². The van der Waals surface area contributed by atoms with Crippen LogP contribution in [-0.4, -0.2) is 37.0 Å². The van der Waals surface area contributed by atoms with Crippen LogP contribution in [0.15, 0.2) is 54.6 Å². The molecule has 0 aliphatic rings. The molecule has 0 aliphatic carbocycles. The second-order valence-corrected chi connectivity index (χ2v) is 6.40. The van der Waals surface area contributed by atoms with Crippen molar-refractivity contribution < 1.29 is 19.1 Å². The van der Waals surface area contributed by atoms with Gasteiger partial charge in [0.2, 0.25) is 5.91 Å². The Kier molecular flexibility index (Phi) is 7.55. The summed E-state index contributed by atoms with van der Waals surface area (Å²) in [6.07, 6.45) is 0.0795. The Hall–Kier alpha value is -3.15. The minimum Gasteiger partial charge on any atom is -0.455 e. The maximum atomic E-state index is 11.9. The summed E-state index contributed by atoms with van der Waals surface area (Å²) < 4.78 is 4.95.